The summed E-state index contributed by atoms with van der Waals surface area (Å²) in [7, 11) is 1.62. The van der Waals surface area contributed by atoms with Gasteiger partial charge in [0.25, 0.3) is 0 Å². The smallest absolute Gasteiger partial charge is 0.134 e. The Hall–Kier alpha value is -2.12. The molecule has 0 N–H and O–H groups in total. The molecule has 18 heavy (non-hydrogen) atoms. The van der Waals surface area contributed by atoms with Crippen molar-refractivity contribution >= 4 is 23.0 Å². The second-order valence-electron chi connectivity index (χ2n) is 3.74. The third-order valence-electron chi connectivity index (χ3n) is 2.37. The Morgan fingerprint density at radius 3 is 2.94 bits per heavy atom. The Bertz CT molecular complexity index is 623. The minimum absolute atomic E-state index is 0.571. The van der Waals surface area contributed by atoms with Crippen molar-refractivity contribution in [2.24, 2.45) is 0 Å². The molecule has 0 atom stereocenters. The van der Waals surface area contributed by atoms with E-state index in [1.54, 1.807) is 7.11 Å². The van der Waals surface area contributed by atoms with Crippen LogP contribution < -0.4 is 4.74 Å². The van der Waals surface area contributed by atoms with Gasteiger partial charge in [-0.05, 0) is 30.7 Å². The summed E-state index contributed by atoms with van der Waals surface area (Å²) >= 11 is 1.48. The molecule has 0 aliphatic rings. The summed E-state index contributed by atoms with van der Waals surface area (Å²) < 4.78 is 5.15. The van der Waals surface area contributed by atoms with E-state index in [2.05, 4.69) is 11.1 Å². The van der Waals surface area contributed by atoms with E-state index in [-0.39, 0.29) is 0 Å². The van der Waals surface area contributed by atoms with Gasteiger partial charge in [0.05, 0.1) is 12.7 Å². The van der Waals surface area contributed by atoms with Crippen LogP contribution in [0.15, 0.2) is 29.6 Å². The summed E-state index contributed by atoms with van der Waals surface area (Å²) in [5.41, 5.74) is 2.43. The average Bonchev–Trinajstić information content (AvgIpc) is 2.82. The van der Waals surface area contributed by atoms with Gasteiger partial charge in [-0.1, -0.05) is 12.1 Å². The highest BCUT2D eigenvalue weighted by Gasteiger charge is 2.05. The maximum atomic E-state index is 9.19. The number of nitrogens with zero attached hydrogens (tertiary/aromatic N) is 2. The van der Waals surface area contributed by atoms with Gasteiger partial charge in [0.15, 0.2) is 0 Å². The van der Waals surface area contributed by atoms with Crippen molar-refractivity contribution in [3.8, 4) is 11.8 Å². The van der Waals surface area contributed by atoms with E-state index in [0.717, 1.165) is 22.0 Å². The van der Waals surface area contributed by atoms with Crippen molar-refractivity contribution in [1.29, 1.82) is 5.26 Å². The second-order valence-corrected chi connectivity index (χ2v) is 4.60. The van der Waals surface area contributed by atoms with Crippen LogP contribution in [-0.4, -0.2) is 12.1 Å². The number of hydrogen-bond donors (Lipinski definition) is 0. The van der Waals surface area contributed by atoms with E-state index in [1.807, 2.05) is 42.6 Å². The minimum Gasteiger partial charge on any atom is -0.497 e. The quantitative estimate of drug-likeness (QED) is 0.789. The maximum Gasteiger partial charge on any atom is 0.134 e. The van der Waals surface area contributed by atoms with E-state index in [0.29, 0.717) is 5.57 Å². The first kappa shape index (κ1) is 12.3. The summed E-state index contributed by atoms with van der Waals surface area (Å²) in [6, 6.07) is 9.77. The lowest BCUT2D eigenvalue weighted by Gasteiger charge is -2.00. The minimum atomic E-state index is 0.571. The number of aromatic nitrogens is 1. The van der Waals surface area contributed by atoms with Gasteiger partial charge in [-0.3, -0.25) is 0 Å². The molecule has 1 aromatic heterocycles. The Morgan fingerprint density at radius 1 is 1.50 bits per heavy atom. The first-order valence-electron chi connectivity index (χ1n) is 5.41. The Kier molecular flexibility index (Phi) is 3.75. The first-order chi connectivity index (χ1) is 8.72. The van der Waals surface area contributed by atoms with E-state index in [4.69, 9.17) is 4.74 Å². The summed E-state index contributed by atoms with van der Waals surface area (Å²) in [5, 5.41) is 11.9. The number of thiazole rings is 1. The molecule has 2 rings (SSSR count). The molecule has 4 heteroatoms. The van der Waals surface area contributed by atoms with Crippen molar-refractivity contribution in [3.63, 3.8) is 0 Å². The predicted octanol–water partition coefficient (Wildman–Crippen LogP) is 3.52. The molecule has 0 aliphatic heterocycles. The topological polar surface area (TPSA) is 45.9 Å². The molecular formula is C14H12N2OS. The molecule has 1 aromatic carbocycles. The second kappa shape index (κ2) is 5.48. The fraction of sp³-hybridized carbons (Fsp3) is 0.143. The molecule has 0 aliphatic carbocycles. The lowest BCUT2D eigenvalue weighted by Crippen LogP contribution is -1.84. The molecule has 0 radical (unpaired) electrons. The SMILES string of the molecule is COc1cccc(/C=C(\C#N)c2nc(C)cs2)c1. The molecule has 1 heterocycles. The predicted molar refractivity (Wildman–Crippen MR) is 73.3 cm³/mol. The fourth-order valence-electron chi connectivity index (χ4n) is 1.52. The van der Waals surface area contributed by atoms with Gasteiger partial charge in [-0.25, -0.2) is 4.98 Å². The zero-order valence-electron chi connectivity index (χ0n) is 10.2. The lowest BCUT2D eigenvalue weighted by molar-refractivity contribution is 0.414. The largest absolute Gasteiger partial charge is 0.497 e. The van der Waals surface area contributed by atoms with Gasteiger partial charge in [-0.2, -0.15) is 5.26 Å². The lowest BCUT2D eigenvalue weighted by atomic mass is 10.1. The molecule has 0 saturated heterocycles. The van der Waals surface area contributed by atoms with Crippen molar-refractivity contribution < 1.29 is 4.74 Å². The highest BCUT2D eigenvalue weighted by atomic mass is 32.1. The highest BCUT2D eigenvalue weighted by Crippen LogP contribution is 2.22. The summed E-state index contributed by atoms with van der Waals surface area (Å²) in [5.74, 6) is 0.774. The van der Waals surface area contributed by atoms with Crippen LogP contribution in [0.4, 0.5) is 0 Å². The van der Waals surface area contributed by atoms with E-state index < -0.39 is 0 Å². The van der Waals surface area contributed by atoms with Crippen LogP contribution >= 0.6 is 11.3 Å². The van der Waals surface area contributed by atoms with Crippen LogP contribution in [-0.2, 0) is 0 Å². The van der Waals surface area contributed by atoms with Gasteiger partial charge in [0, 0.05) is 11.1 Å². The Morgan fingerprint density at radius 2 is 2.33 bits per heavy atom. The molecule has 3 nitrogen and oxygen atoms in total. The first-order valence-corrected chi connectivity index (χ1v) is 6.29. The third-order valence-corrected chi connectivity index (χ3v) is 3.37. The van der Waals surface area contributed by atoms with Crippen LogP contribution in [0.25, 0.3) is 11.6 Å². The molecule has 0 spiro atoms. The van der Waals surface area contributed by atoms with Crippen LogP contribution in [0, 0.1) is 18.3 Å². The van der Waals surface area contributed by atoms with Crippen LogP contribution in [0.2, 0.25) is 0 Å². The summed E-state index contributed by atoms with van der Waals surface area (Å²) in [4.78, 5) is 4.32. The van der Waals surface area contributed by atoms with Gasteiger partial charge >= 0.3 is 0 Å². The van der Waals surface area contributed by atoms with Gasteiger partial charge in [-0.15, -0.1) is 11.3 Å². The van der Waals surface area contributed by atoms with Crippen molar-refractivity contribution in [1.82, 2.24) is 4.98 Å². The number of ether oxygens (including phenoxy) is 1. The standard InChI is InChI=1S/C14H12N2OS/c1-10-9-18-14(16-10)12(8-15)6-11-4-3-5-13(7-11)17-2/h3-7,9H,1-2H3/b12-6+. The highest BCUT2D eigenvalue weighted by molar-refractivity contribution is 7.11. The van der Waals surface area contributed by atoms with Crippen LogP contribution in [0.1, 0.15) is 16.3 Å². The average molecular weight is 256 g/mol. The van der Waals surface area contributed by atoms with Crippen molar-refractivity contribution in [3.05, 3.63) is 45.9 Å². The summed E-state index contributed by atoms with van der Waals surface area (Å²) in [6.07, 6.45) is 1.82. The summed E-state index contributed by atoms with van der Waals surface area (Å²) in [6.45, 7) is 1.92. The monoisotopic (exact) mass is 256 g/mol. The third kappa shape index (κ3) is 2.76. The number of nitriles is 1. The Balaban J connectivity index is 2.38. The number of methoxy groups -OCH3 is 1. The zero-order valence-corrected chi connectivity index (χ0v) is 11.0. The van der Waals surface area contributed by atoms with Crippen molar-refractivity contribution in [2.75, 3.05) is 7.11 Å². The van der Waals surface area contributed by atoms with E-state index >= 15 is 0 Å². The van der Waals surface area contributed by atoms with Crippen molar-refractivity contribution in [2.45, 2.75) is 6.92 Å². The number of benzene rings is 1. The molecule has 0 fully saturated rings. The molecule has 2 aromatic rings. The molecule has 0 amide bonds. The molecule has 0 unspecified atom stereocenters. The molecule has 90 valence electrons. The molecular weight excluding hydrogens is 244 g/mol. The molecule has 0 saturated carbocycles. The number of rotatable bonds is 3. The van der Waals surface area contributed by atoms with Gasteiger partial charge in [0.2, 0.25) is 0 Å². The van der Waals surface area contributed by atoms with E-state index in [9.17, 15) is 5.26 Å². The fourth-order valence-corrected chi connectivity index (χ4v) is 2.28. The van der Waals surface area contributed by atoms with Gasteiger partial charge < -0.3 is 4.74 Å². The maximum absolute atomic E-state index is 9.19. The van der Waals surface area contributed by atoms with Crippen LogP contribution in [0.3, 0.4) is 0 Å². The van der Waals surface area contributed by atoms with Gasteiger partial charge in [0.1, 0.15) is 16.8 Å². The number of aryl methyl sites for hydroxylation is 1. The Labute approximate surface area is 110 Å². The molecule has 0 bridgehead atoms. The van der Waals surface area contributed by atoms with Crippen LogP contribution in [0.5, 0.6) is 5.75 Å². The number of allylic oxidation sites excluding steroid dienone is 1. The normalized spacial score (nSPS) is 11.1. The zero-order chi connectivity index (χ0) is 13.0. The van der Waals surface area contributed by atoms with E-state index in [1.165, 1.54) is 11.3 Å². The number of hydrogen-bond acceptors (Lipinski definition) is 4.